The van der Waals surface area contributed by atoms with Gasteiger partial charge in [-0.15, -0.1) is 0 Å². The average Bonchev–Trinajstić information content (AvgIpc) is 3.53. The van der Waals surface area contributed by atoms with Crippen molar-refractivity contribution < 1.29 is 5.11 Å². The third kappa shape index (κ3) is 7.72. The molecule has 0 atom stereocenters. The van der Waals surface area contributed by atoms with Crippen LogP contribution in [0.3, 0.4) is 0 Å². The molecule has 0 amide bonds. The quantitative estimate of drug-likeness (QED) is 0.170. The molecular formula is C55H59N3OSi. The second-order valence-corrected chi connectivity index (χ2v) is 25.7. The first kappa shape index (κ1) is 41.0. The van der Waals surface area contributed by atoms with Crippen molar-refractivity contribution in [3.8, 4) is 56.3 Å². The van der Waals surface area contributed by atoms with Crippen LogP contribution in [0.5, 0.6) is 5.75 Å². The molecule has 0 aliphatic heterocycles. The van der Waals surface area contributed by atoms with Crippen molar-refractivity contribution in [2.24, 2.45) is 0 Å². The molecule has 0 fully saturated rings. The summed E-state index contributed by atoms with van der Waals surface area (Å²) in [6, 6.07) is 46.1. The molecule has 5 heteroatoms. The smallest absolute Gasteiger partial charge is 0.128 e. The molecular weight excluding hydrogens is 747 g/mol. The standard InChI is InChI=1S/C55H59N3OSi/c1-53(2,3)39-29-37(46-31-36(26-27-56-46)35-18-14-13-15-19-35)28-38(30-39)51-50-43-20-16-17-21-48(43)58(41-22-24-42(25-23-41)60(10,11)12)49(50)34-47(57-51)44-32-40(54(4,5)6)33-45(52(44)59)55(7,8)9/h13-34,59H,1-12H3. The maximum atomic E-state index is 12.3. The Labute approximate surface area is 358 Å². The topological polar surface area (TPSA) is 50.9 Å². The van der Waals surface area contributed by atoms with Gasteiger partial charge in [-0.05, 0) is 99.2 Å². The molecule has 3 heterocycles. The molecule has 0 spiro atoms. The number of fused-ring (bicyclic) bond motifs is 3. The van der Waals surface area contributed by atoms with Gasteiger partial charge in [0.2, 0.25) is 0 Å². The zero-order valence-electron chi connectivity index (χ0n) is 37.5. The van der Waals surface area contributed by atoms with Gasteiger partial charge in [-0.25, -0.2) is 4.98 Å². The summed E-state index contributed by atoms with van der Waals surface area (Å²) in [5, 5.41) is 16.0. The molecule has 4 nitrogen and oxygen atoms in total. The summed E-state index contributed by atoms with van der Waals surface area (Å²) in [5.74, 6) is 0.279. The Hall–Kier alpha value is -5.78. The summed E-state index contributed by atoms with van der Waals surface area (Å²) in [6.45, 7) is 27.2. The predicted octanol–water partition coefficient (Wildman–Crippen LogP) is 14.4. The first-order chi connectivity index (χ1) is 28.2. The van der Waals surface area contributed by atoms with E-state index < -0.39 is 8.07 Å². The predicted molar refractivity (Wildman–Crippen MR) is 259 cm³/mol. The Kier molecular flexibility index (Phi) is 10.1. The molecule has 0 aliphatic carbocycles. The van der Waals surface area contributed by atoms with Gasteiger partial charge in [-0.2, -0.15) is 0 Å². The second-order valence-electron chi connectivity index (χ2n) is 20.7. The van der Waals surface area contributed by atoms with E-state index in [9.17, 15) is 5.11 Å². The molecule has 3 aromatic heterocycles. The summed E-state index contributed by atoms with van der Waals surface area (Å²) < 4.78 is 2.39. The van der Waals surface area contributed by atoms with Gasteiger partial charge in [0.15, 0.2) is 0 Å². The van der Waals surface area contributed by atoms with E-state index in [2.05, 4.69) is 214 Å². The number of benzene rings is 5. The fourth-order valence-corrected chi connectivity index (χ4v) is 9.46. The van der Waals surface area contributed by atoms with Gasteiger partial charge in [-0.3, -0.25) is 4.98 Å². The van der Waals surface area contributed by atoms with Crippen molar-refractivity contribution in [1.82, 2.24) is 14.5 Å². The minimum atomic E-state index is -1.53. The normalized spacial score (nSPS) is 12.7. The van der Waals surface area contributed by atoms with E-state index in [4.69, 9.17) is 9.97 Å². The SMILES string of the molecule is CC(C)(C)c1cc(-c2cc(-c3ccccc3)ccn2)cc(-c2nc(-c3cc(C(C)(C)C)cc(C(C)(C)C)c3O)cc3c2c2ccccc2n3-c2ccc([Si](C)(C)C)cc2)c1. The molecule has 8 aromatic rings. The van der Waals surface area contributed by atoms with E-state index in [0.717, 1.165) is 83.5 Å². The van der Waals surface area contributed by atoms with Crippen LogP contribution in [0.15, 0.2) is 134 Å². The van der Waals surface area contributed by atoms with Gasteiger partial charge in [0, 0.05) is 44.9 Å². The summed E-state index contributed by atoms with van der Waals surface area (Å²) in [7, 11) is -1.53. The molecule has 0 saturated heterocycles. The molecule has 8 rings (SSSR count). The van der Waals surface area contributed by atoms with E-state index in [1.807, 2.05) is 6.20 Å². The number of hydrogen-bond donors (Lipinski definition) is 1. The zero-order chi connectivity index (χ0) is 42.9. The number of phenolic OH excluding ortho intramolecular Hbond substituents is 1. The number of rotatable bonds is 6. The number of phenols is 1. The van der Waals surface area contributed by atoms with Crippen molar-refractivity contribution in [3.63, 3.8) is 0 Å². The van der Waals surface area contributed by atoms with Gasteiger partial charge in [0.05, 0.1) is 36.2 Å². The van der Waals surface area contributed by atoms with Crippen molar-refractivity contribution in [2.75, 3.05) is 0 Å². The van der Waals surface area contributed by atoms with Gasteiger partial charge < -0.3 is 9.67 Å². The summed E-state index contributed by atoms with van der Waals surface area (Å²) in [4.78, 5) is 10.6. The molecule has 0 unspecified atom stereocenters. The van der Waals surface area contributed by atoms with Gasteiger partial charge in [0.1, 0.15) is 5.75 Å². The Morgan fingerprint density at radius 3 is 1.82 bits per heavy atom. The number of nitrogens with zero attached hydrogens (tertiary/aromatic N) is 3. The van der Waals surface area contributed by atoms with Crippen molar-refractivity contribution >= 4 is 35.1 Å². The fourth-order valence-electron chi connectivity index (χ4n) is 8.30. The maximum absolute atomic E-state index is 12.3. The van der Waals surface area contributed by atoms with E-state index in [0.29, 0.717) is 0 Å². The Balaban J connectivity index is 1.49. The van der Waals surface area contributed by atoms with Gasteiger partial charge in [0.25, 0.3) is 0 Å². The number of aromatic nitrogens is 3. The van der Waals surface area contributed by atoms with E-state index in [1.165, 1.54) is 10.8 Å². The van der Waals surface area contributed by atoms with Crippen molar-refractivity contribution in [1.29, 1.82) is 0 Å². The van der Waals surface area contributed by atoms with Crippen LogP contribution in [-0.2, 0) is 16.2 Å². The average molecular weight is 806 g/mol. The lowest BCUT2D eigenvalue weighted by molar-refractivity contribution is 0.446. The molecule has 1 N–H and O–H groups in total. The number of para-hydroxylation sites is 1. The Morgan fingerprint density at radius 1 is 0.533 bits per heavy atom. The minimum absolute atomic E-state index is 0.153. The van der Waals surface area contributed by atoms with Crippen molar-refractivity contribution in [3.05, 3.63) is 150 Å². The van der Waals surface area contributed by atoms with Gasteiger partial charge in [-0.1, -0.05) is 154 Å². The summed E-state index contributed by atoms with van der Waals surface area (Å²) in [6.07, 6.45) is 1.91. The van der Waals surface area contributed by atoms with Crippen LogP contribution in [0.25, 0.3) is 72.4 Å². The first-order valence-corrected chi connectivity index (χ1v) is 24.8. The van der Waals surface area contributed by atoms with E-state index in [1.54, 1.807) is 0 Å². The summed E-state index contributed by atoms with van der Waals surface area (Å²) >= 11 is 0. The lowest BCUT2D eigenvalue weighted by Gasteiger charge is -2.27. The molecule has 0 radical (unpaired) electrons. The van der Waals surface area contributed by atoms with E-state index in [-0.39, 0.29) is 22.0 Å². The largest absolute Gasteiger partial charge is 0.507 e. The zero-order valence-corrected chi connectivity index (χ0v) is 38.5. The lowest BCUT2D eigenvalue weighted by atomic mass is 9.78. The molecule has 5 aromatic carbocycles. The van der Waals surface area contributed by atoms with Crippen LogP contribution in [0.2, 0.25) is 19.6 Å². The van der Waals surface area contributed by atoms with Crippen LogP contribution in [0.1, 0.15) is 79.0 Å². The highest BCUT2D eigenvalue weighted by Crippen LogP contribution is 2.46. The Morgan fingerprint density at radius 2 is 1.17 bits per heavy atom. The molecule has 0 aliphatic rings. The highest BCUT2D eigenvalue weighted by Gasteiger charge is 2.28. The minimum Gasteiger partial charge on any atom is -0.507 e. The monoisotopic (exact) mass is 805 g/mol. The number of aromatic hydroxyl groups is 1. The molecule has 0 bridgehead atoms. The molecule has 304 valence electrons. The van der Waals surface area contributed by atoms with Gasteiger partial charge >= 0.3 is 0 Å². The highest BCUT2D eigenvalue weighted by molar-refractivity contribution is 6.88. The number of hydrogen-bond acceptors (Lipinski definition) is 3. The maximum Gasteiger partial charge on any atom is 0.128 e. The van der Waals surface area contributed by atoms with Crippen LogP contribution < -0.4 is 5.19 Å². The number of pyridine rings is 2. The Bertz CT molecular complexity index is 2890. The third-order valence-electron chi connectivity index (χ3n) is 11.9. The van der Waals surface area contributed by atoms with Crippen molar-refractivity contribution in [2.45, 2.75) is 98.2 Å². The first-order valence-electron chi connectivity index (χ1n) is 21.3. The fraction of sp³-hybridized carbons (Fsp3) is 0.273. The highest BCUT2D eigenvalue weighted by atomic mass is 28.3. The van der Waals surface area contributed by atoms with Crippen LogP contribution in [-0.4, -0.2) is 27.7 Å². The lowest BCUT2D eigenvalue weighted by Crippen LogP contribution is -2.37. The third-order valence-corrected chi connectivity index (χ3v) is 14.0. The van der Waals surface area contributed by atoms with Crippen LogP contribution in [0.4, 0.5) is 0 Å². The molecule has 60 heavy (non-hydrogen) atoms. The van der Waals surface area contributed by atoms with E-state index >= 15 is 0 Å². The molecule has 0 saturated carbocycles. The summed E-state index contributed by atoms with van der Waals surface area (Å²) in [5.41, 5.74) is 13.5. The van der Waals surface area contributed by atoms with Crippen LogP contribution >= 0.6 is 0 Å². The van der Waals surface area contributed by atoms with Crippen LogP contribution in [0, 0.1) is 0 Å². The second kappa shape index (κ2) is 14.7.